The molecule has 0 fully saturated rings. The van der Waals surface area contributed by atoms with Crippen LogP contribution >= 0.6 is 31.9 Å². The standard InChI is InChI=1S/C15H12Br2N2O/c1-8-4-10(6-11(16)5-8)14(17)9-2-3-12-13(7-9)19-15(20)18-12/h2-7,14H,1H3,(H2,18,19,20). The number of H-pyrrole nitrogens is 2. The number of hydrogen-bond donors (Lipinski definition) is 2. The van der Waals surface area contributed by atoms with Crippen LogP contribution in [0, 0.1) is 6.92 Å². The molecule has 1 heterocycles. The number of halogens is 2. The molecule has 20 heavy (non-hydrogen) atoms. The molecule has 0 aliphatic carbocycles. The summed E-state index contributed by atoms with van der Waals surface area (Å²) in [5.41, 5.74) is 4.95. The highest BCUT2D eigenvalue weighted by molar-refractivity contribution is 9.10. The highest BCUT2D eigenvalue weighted by Gasteiger charge is 2.12. The molecule has 3 nitrogen and oxygen atoms in total. The molecule has 1 aromatic heterocycles. The van der Waals surface area contributed by atoms with Crippen LogP contribution in [0.4, 0.5) is 0 Å². The van der Waals surface area contributed by atoms with Gasteiger partial charge in [-0.15, -0.1) is 0 Å². The average Bonchev–Trinajstić information content (AvgIpc) is 2.75. The number of aromatic nitrogens is 2. The van der Waals surface area contributed by atoms with E-state index in [1.54, 1.807) is 0 Å². The van der Waals surface area contributed by atoms with Gasteiger partial charge in [-0.3, -0.25) is 0 Å². The lowest BCUT2D eigenvalue weighted by Crippen LogP contribution is -1.99. The first-order chi connectivity index (χ1) is 9.52. The fourth-order valence-corrected chi connectivity index (χ4v) is 3.49. The van der Waals surface area contributed by atoms with E-state index in [0.717, 1.165) is 21.1 Å². The highest BCUT2D eigenvalue weighted by Crippen LogP contribution is 2.33. The summed E-state index contributed by atoms with van der Waals surface area (Å²) in [6.45, 7) is 2.07. The molecule has 0 bridgehead atoms. The zero-order valence-electron chi connectivity index (χ0n) is 10.7. The van der Waals surface area contributed by atoms with Crippen molar-refractivity contribution in [1.29, 1.82) is 0 Å². The number of rotatable bonds is 2. The summed E-state index contributed by atoms with van der Waals surface area (Å²) in [5.74, 6) is 0. The number of aryl methyl sites for hydroxylation is 1. The molecule has 0 saturated heterocycles. The second kappa shape index (κ2) is 5.22. The van der Waals surface area contributed by atoms with Crippen LogP contribution in [0.25, 0.3) is 11.0 Å². The van der Waals surface area contributed by atoms with Crippen molar-refractivity contribution in [3.63, 3.8) is 0 Å². The smallest absolute Gasteiger partial charge is 0.306 e. The third-order valence-corrected chi connectivity index (χ3v) is 4.70. The molecule has 1 atom stereocenters. The van der Waals surface area contributed by atoms with E-state index in [1.165, 1.54) is 11.1 Å². The zero-order chi connectivity index (χ0) is 14.3. The van der Waals surface area contributed by atoms with Crippen molar-refractivity contribution in [2.45, 2.75) is 11.8 Å². The second-order valence-electron chi connectivity index (χ2n) is 4.81. The first kappa shape index (κ1) is 13.6. The third-order valence-electron chi connectivity index (χ3n) is 3.19. The van der Waals surface area contributed by atoms with Crippen molar-refractivity contribution in [2.75, 3.05) is 0 Å². The van der Waals surface area contributed by atoms with Gasteiger partial charge in [0.2, 0.25) is 0 Å². The number of hydrogen-bond acceptors (Lipinski definition) is 1. The Morgan fingerprint density at radius 3 is 2.50 bits per heavy atom. The Bertz CT molecular complexity index is 815. The van der Waals surface area contributed by atoms with Gasteiger partial charge in [-0.25, -0.2) is 4.79 Å². The summed E-state index contributed by atoms with van der Waals surface area (Å²) < 4.78 is 1.06. The van der Waals surface area contributed by atoms with Gasteiger partial charge in [-0.2, -0.15) is 0 Å². The van der Waals surface area contributed by atoms with E-state index in [-0.39, 0.29) is 10.5 Å². The van der Waals surface area contributed by atoms with Crippen molar-refractivity contribution < 1.29 is 0 Å². The Labute approximate surface area is 132 Å². The Hall–Kier alpha value is -1.33. The molecular weight excluding hydrogens is 384 g/mol. The summed E-state index contributed by atoms with van der Waals surface area (Å²) in [5, 5.41) is 0. The quantitative estimate of drug-likeness (QED) is 0.620. The molecule has 5 heteroatoms. The summed E-state index contributed by atoms with van der Waals surface area (Å²) in [6.07, 6.45) is 0. The molecule has 0 amide bonds. The van der Waals surface area contributed by atoms with Crippen LogP contribution in [-0.4, -0.2) is 9.97 Å². The van der Waals surface area contributed by atoms with E-state index in [2.05, 4.69) is 67.0 Å². The first-order valence-electron chi connectivity index (χ1n) is 6.16. The molecule has 3 rings (SSSR count). The van der Waals surface area contributed by atoms with Crippen molar-refractivity contribution in [3.8, 4) is 0 Å². The van der Waals surface area contributed by atoms with Gasteiger partial charge < -0.3 is 9.97 Å². The number of alkyl halides is 1. The van der Waals surface area contributed by atoms with E-state index in [1.807, 2.05) is 18.2 Å². The number of fused-ring (bicyclic) bond motifs is 1. The predicted molar refractivity (Wildman–Crippen MR) is 88.6 cm³/mol. The molecule has 0 aliphatic heterocycles. The van der Waals surface area contributed by atoms with E-state index < -0.39 is 0 Å². The fraction of sp³-hybridized carbons (Fsp3) is 0.133. The topological polar surface area (TPSA) is 48.6 Å². The molecule has 0 saturated carbocycles. The molecule has 102 valence electrons. The Kier molecular flexibility index (Phi) is 3.56. The average molecular weight is 396 g/mol. The van der Waals surface area contributed by atoms with Gasteiger partial charge >= 0.3 is 5.69 Å². The van der Waals surface area contributed by atoms with Crippen molar-refractivity contribution in [1.82, 2.24) is 9.97 Å². The minimum absolute atomic E-state index is 0.0847. The third kappa shape index (κ3) is 2.60. The maximum Gasteiger partial charge on any atom is 0.323 e. The van der Waals surface area contributed by atoms with Gasteiger partial charge in [0.15, 0.2) is 0 Å². The molecule has 2 N–H and O–H groups in total. The molecule has 0 aliphatic rings. The maximum absolute atomic E-state index is 11.3. The van der Waals surface area contributed by atoms with Crippen LogP contribution in [0.1, 0.15) is 21.5 Å². The normalized spacial score (nSPS) is 12.8. The van der Waals surface area contributed by atoms with E-state index in [9.17, 15) is 4.79 Å². The zero-order valence-corrected chi connectivity index (χ0v) is 13.9. The van der Waals surface area contributed by atoms with Crippen LogP contribution in [0.15, 0.2) is 45.7 Å². The van der Waals surface area contributed by atoms with Crippen LogP contribution < -0.4 is 5.69 Å². The first-order valence-corrected chi connectivity index (χ1v) is 7.87. The number of nitrogens with one attached hydrogen (secondary N) is 2. The van der Waals surface area contributed by atoms with Gasteiger partial charge in [0.1, 0.15) is 0 Å². The molecule has 0 radical (unpaired) electrons. The van der Waals surface area contributed by atoms with E-state index in [0.29, 0.717) is 0 Å². The lowest BCUT2D eigenvalue weighted by Gasteiger charge is -2.12. The summed E-state index contributed by atoms with van der Waals surface area (Å²) in [6, 6.07) is 12.2. The van der Waals surface area contributed by atoms with Gasteiger partial charge in [-0.1, -0.05) is 44.0 Å². The molecule has 0 spiro atoms. The SMILES string of the molecule is Cc1cc(Br)cc(C(Br)c2ccc3[nH]c(=O)[nH]c3c2)c1. The van der Waals surface area contributed by atoms with Gasteiger partial charge in [-0.05, 0) is 47.9 Å². The van der Waals surface area contributed by atoms with Gasteiger partial charge in [0.25, 0.3) is 0 Å². The van der Waals surface area contributed by atoms with Crippen LogP contribution in [0.2, 0.25) is 0 Å². The minimum Gasteiger partial charge on any atom is -0.306 e. The summed E-state index contributed by atoms with van der Waals surface area (Å²) in [7, 11) is 0. The Balaban J connectivity index is 2.06. The van der Waals surface area contributed by atoms with Gasteiger partial charge in [0, 0.05) is 4.47 Å². The largest absolute Gasteiger partial charge is 0.323 e. The number of aromatic amines is 2. The summed E-state index contributed by atoms with van der Waals surface area (Å²) in [4.78, 5) is 16.9. The van der Waals surface area contributed by atoms with Gasteiger partial charge in [0.05, 0.1) is 15.9 Å². The minimum atomic E-state index is -0.179. The van der Waals surface area contributed by atoms with E-state index in [4.69, 9.17) is 0 Å². The van der Waals surface area contributed by atoms with Crippen molar-refractivity contribution in [2.24, 2.45) is 0 Å². The van der Waals surface area contributed by atoms with Crippen molar-refractivity contribution >= 4 is 42.9 Å². The maximum atomic E-state index is 11.3. The fourth-order valence-electron chi connectivity index (χ4n) is 2.31. The molecule has 2 aromatic carbocycles. The predicted octanol–water partition coefficient (Wildman–Crippen LogP) is 4.41. The summed E-state index contributed by atoms with van der Waals surface area (Å²) >= 11 is 7.26. The van der Waals surface area contributed by atoms with Crippen LogP contribution in [-0.2, 0) is 0 Å². The Morgan fingerprint density at radius 1 is 1.00 bits per heavy atom. The lowest BCUT2D eigenvalue weighted by molar-refractivity contribution is 1.17. The van der Waals surface area contributed by atoms with E-state index >= 15 is 0 Å². The highest BCUT2D eigenvalue weighted by atomic mass is 79.9. The lowest BCUT2D eigenvalue weighted by atomic mass is 10.0. The monoisotopic (exact) mass is 394 g/mol. The molecule has 1 unspecified atom stereocenters. The number of benzene rings is 2. The van der Waals surface area contributed by atoms with Crippen LogP contribution in [0.3, 0.4) is 0 Å². The van der Waals surface area contributed by atoms with Crippen LogP contribution in [0.5, 0.6) is 0 Å². The Morgan fingerprint density at radius 2 is 1.75 bits per heavy atom. The molecule has 3 aromatic rings. The number of imidazole rings is 1. The van der Waals surface area contributed by atoms with Crippen molar-refractivity contribution in [3.05, 3.63) is 68.0 Å². The molecular formula is C15H12Br2N2O. The second-order valence-corrected chi connectivity index (χ2v) is 6.64.